The normalized spacial score (nSPS) is 31.7. The molecule has 1 aromatic heterocycles. The van der Waals surface area contributed by atoms with Crippen molar-refractivity contribution in [1.29, 1.82) is 5.26 Å². The van der Waals surface area contributed by atoms with E-state index >= 15 is 0 Å². The molecule has 0 N–H and O–H groups in total. The van der Waals surface area contributed by atoms with E-state index in [4.69, 9.17) is 0 Å². The molecule has 0 aromatic carbocycles. The molecule has 3 nitrogen and oxygen atoms in total. The van der Waals surface area contributed by atoms with Gasteiger partial charge in [-0.2, -0.15) is 18.4 Å². The van der Waals surface area contributed by atoms with Gasteiger partial charge in [-0.3, -0.25) is 4.79 Å². The Kier molecular flexibility index (Phi) is 4.53. The minimum atomic E-state index is -4.61. The number of hydrogen-bond donors (Lipinski definition) is 0. The van der Waals surface area contributed by atoms with Crippen LogP contribution in [0.3, 0.4) is 0 Å². The van der Waals surface area contributed by atoms with Crippen molar-refractivity contribution in [1.82, 2.24) is 4.98 Å². The Hall–Kier alpha value is -1.55. The summed E-state index contributed by atoms with van der Waals surface area (Å²) in [5.41, 5.74) is -1.53. The lowest BCUT2D eigenvalue weighted by Crippen LogP contribution is -2.50. The minimum Gasteiger partial charge on any atom is -0.298 e. The fraction of sp³-hybridized carbons (Fsp3) is 0.650. The summed E-state index contributed by atoms with van der Waals surface area (Å²) < 4.78 is 39.7. The number of thioether (sulfide) groups is 1. The third-order valence-corrected chi connectivity index (χ3v) is 7.48. The fourth-order valence-electron chi connectivity index (χ4n) is 5.82. The molecular formula is C20H21F3N2OS. The van der Waals surface area contributed by atoms with Gasteiger partial charge in [0.1, 0.15) is 16.9 Å². The van der Waals surface area contributed by atoms with E-state index in [2.05, 4.69) is 4.98 Å². The molecule has 4 aliphatic rings. The van der Waals surface area contributed by atoms with Crippen molar-refractivity contribution >= 4 is 17.5 Å². The smallest absolute Gasteiger partial charge is 0.298 e. The highest BCUT2D eigenvalue weighted by Crippen LogP contribution is 2.60. The molecule has 0 unspecified atom stereocenters. The molecule has 4 aliphatic carbocycles. The number of nitriles is 1. The molecule has 0 spiro atoms. The third kappa shape index (κ3) is 3.37. The zero-order valence-electron chi connectivity index (χ0n) is 15.1. The van der Waals surface area contributed by atoms with Crippen LogP contribution in [-0.2, 0) is 11.0 Å². The molecule has 4 saturated carbocycles. The minimum absolute atomic E-state index is 0.0166. The fourth-order valence-corrected chi connectivity index (χ4v) is 6.90. The number of nitrogens with zero attached hydrogens (tertiary/aromatic N) is 2. The molecule has 4 fully saturated rings. The van der Waals surface area contributed by atoms with Crippen LogP contribution in [0.2, 0.25) is 0 Å². The Balaban J connectivity index is 1.55. The van der Waals surface area contributed by atoms with E-state index < -0.39 is 17.3 Å². The topological polar surface area (TPSA) is 53.8 Å². The van der Waals surface area contributed by atoms with E-state index in [0.29, 0.717) is 17.8 Å². The third-order valence-electron chi connectivity index (χ3n) is 6.50. The monoisotopic (exact) mass is 394 g/mol. The number of Topliss-reactive ketones (excluding diaryl/α,β-unsaturated/α-hetero) is 1. The predicted molar refractivity (Wildman–Crippen MR) is 95.0 cm³/mol. The number of pyridine rings is 1. The van der Waals surface area contributed by atoms with Gasteiger partial charge in [0.25, 0.3) is 0 Å². The van der Waals surface area contributed by atoms with E-state index in [9.17, 15) is 23.2 Å². The summed E-state index contributed by atoms with van der Waals surface area (Å²) in [6.07, 6.45) is 1.86. The molecule has 144 valence electrons. The highest BCUT2D eigenvalue weighted by Gasteiger charge is 2.54. The quantitative estimate of drug-likeness (QED) is 0.662. The molecule has 0 radical (unpaired) electrons. The Bertz CT molecular complexity index is 792. The summed E-state index contributed by atoms with van der Waals surface area (Å²) in [4.78, 5) is 17.2. The highest BCUT2D eigenvalue weighted by molar-refractivity contribution is 8.00. The second-order valence-electron chi connectivity index (χ2n) is 8.51. The largest absolute Gasteiger partial charge is 0.417 e. The van der Waals surface area contributed by atoms with Gasteiger partial charge >= 0.3 is 6.18 Å². The summed E-state index contributed by atoms with van der Waals surface area (Å²) in [7, 11) is 0. The number of rotatable bonds is 4. The van der Waals surface area contributed by atoms with Crippen molar-refractivity contribution in [2.24, 2.45) is 23.2 Å². The summed E-state index contributed by atoms with van der Waals surface area (Å²) in [5.74, 6) is 2.12. The molecule has 0 aliphatic heterocycles. The number of carbonyl (C=O) groups is 1. The molecule has 5 rings (SSSR count). The van der Waals surface area contributed by atoms with Gasteiger partial charge in [0, 0.05) is 11.1 Å². The van der Waals surface area contributed by atoms with Crippen molar-refractivity contribution in [2.75, 3.05) is 5.75 Å². The van der Waals surface area contributed by atoms with Crippen molar-refractivity contribution in [3.8, 4) is 6.07 Å². The Morgan fingerprint density at radius 2 is 1.81 bits per heavy atom. The van der Waals surface area contributed by atoms with Crippen molar-refractivity contribution < 1.29 is 18.0 Å². The van der Waals surface area contributed by atoms with Gasteiger partial charge < -0.3 is 0 Å². The first-order chi connectivity index (χ1) is 12.7. The summed E-state index contributed by atoms with van der Waals surface area (Å²) in [6, 6.07) is 2.53. The predicted octanol–water partition coefficient (Wildman–Crippen LogP) is 5.16. The van der Waals surface area contributed by atoms with Crippen LogP contribution in [0.5, 0.6) is 0 Å². The molecule has 1 aromatic rings. The van der Waals surface area contributed by atoms with Crippen molar-refractivity contribution in [3.63, 3.8) is 0 Å². The highest BCUT2D eigenvalue weighted by atomic mass is 32.2. The van der Waals surface area contributed by atoms with Crippen LogP contribution >= 0.6 is 11.8 Å². The van der Waals surface area contributed by atoms with E-state index in [1.165, 1.54) is 26.2 Å². The van der Waals surface area contributed by atoms with E-state index in [1.807, 2.05) is 0 Å². The van der Waals surface area contributed by atoms with Gasteiger partial charge in [-0.05, 0) is 69.3 Å². The molecule has 0 atom stereocenters. The average molecular weight is 394 g/mol. The Morgan fingerprint density at radius 3 is 2.30 bits per heavy atom. The lowest BCUT2D eigenvalue weighted by atomic mass is 9.48. The SMILES string of the molecule is Cc1cc(C(F)(F)F)c(C#N)c(SCC(=O)C23CC4CC(CC(C4)C2)C3)n1. The number of hydrogen-bond acceptors (Lipinski definition) is 4. The van der Waals surface area contributed by atoms with Gasteiger partial charge in [-0.15, -0.1) is 0 Å². The maximum atomic E-state index is 13.2. The van der Waals surface area contributed by atoms with Crippen LogP contribution < -0.4 is 0 Å². The van der Waals surface area contributed by atoms with E-state index in [0.717, 1.165) is 37.1 Å². The van der Waals surface area contributed by atoms with Crippen LogP contribution in [-0.4, -0.2) is 16.5 Å². The Morgan fingerprint density at radius 1 is 1.26 bits per heavy atom. The van der Waals surface area contributed by atoms with Crippen LogP contribution in [0, 0.1) is 41.4 Å². The van der Waals surface area contributed by atoms with Crippen molar-refractivity contribution in [2.45, 2.75) is 56.7 Å². The second kappa shape index (κ2) is 6.51. The molecule has 1 heterocycles. The zero-order chi connectivity index (χ0) is 19.4. The molecule has 27 heavy (non-hydrogen) atoms. The number of aromatic nitrogens is 1. The molecular weight excluding hydrogens is 373 g/mol. The first-order valence-electron chi connectivity index (χ1n) is 9.35. The number of aryl methyl sites for hydroxylation is 1. The van der Waals surface area contributed by atoms with Gasteiger partial charge in [-0.25, -0.2) is 4.98 Å². The molecule has 0 saturated heterocycles. The standard InChI is InChI=1S/C20H21F3N2OS/c1-11-2-16(20(21,22)23)15(9-24)18(25-11)27-10-17(26)19-6-12-3-13(7-19)5-14(4-12)8-19/h2,12-14H,3-8,10H2,1H3. The van der Waals surface area contributed by atoms with E-state index in [1.54, 1.807) is 6.07 Å². The lowest BCUT2D eigenvalue weighted by Gasteiger charge is -2.56. The number of halogens is 3. The first-order valence-corrected chi connectivity index (χ1v) is 10.3. The van der Waals surface area contributed by atoms with Crippen LogP contribution in [0.25, 0.3) is 0 Å². The first kappa shape index (κ1) is 18.8. The molecule has 0 amide bonds. The van der Waals surface area contributed by atoms with Crippen molar-refractivity contribution in [3.05, 3.63) is 22.9 Å². The van der Waals surface area contributed by atoms with Gasteiger partial charge in [0.15, 0.2) is 0 Å². The maximum Gasteiger partial charge on any atom is 0.417 e. The van der Waals surface area contributed by atoms with E-state index in [-0.39, 0.29) is 27.7 Å². The maximum absolute atomic E-state index is 13.2. The van der Waals surface area contributed by atoms with Crippen LogP contribution in [0.1, 0.15) is 55.3 Å². The second-order valence-corrected chi connectivity index (χ2v) is 9.47. The summed E-state index contributed by atoms with van der Waals surface area (Å²) in [6.45, 7) is 1.47. The number of carbonyl (C=O) groups excluding carboxylic acids is 1. The number of alkyl halides is 3. The summed E-state index contributed by atoms with van der Waals surface area (Å²) >= 11 is 0.990. The Labute approximate surface area is 160 Å². The van der Waals surface area contributed by atoms with Gasteiger partial charge in [-0.1, -0.05) is 11.8 Å². The number of ketones is 1. The summed E-state index contributed by atoms with van der Waals surface area (Å²) in [5, 5.41) is 9.28. The van der Waals surface area contributed by atoms with Gasteiger partial charge in [0.05, 0.1) is 16.9 Å². The van der Waals surface area contributed by atoms with Crippen LogP contribution in [0.4, 0.5) is 13.2 Å². The lowest BCUT2D eigenvalue weighted by molar-refractivity contribution is -0.141. The average Bonchev–Trinajstić information content (AvgIpc) is 2.57. The van der Waals surface area contributed by atoms with Crippen LogP contribution in [0.15, 0.2) is 11.1 Å². The van der Waals surface area contributed by atoms with Gasteiger partial charge in [0.2, 0.25) is 0 Å². The molecule has 7 heteroatoms. The zero-order valence-corrected chi connectivity index (χ0v) is 15.9. The molecule has 4 bridgehead atoms.